The van der Waals surface area contributed by atoms with E-state index in [0.29, 0.717) is 18.0 Å². The maximum absolute atomic E-state index is 10.7. The van der Waals surface area contributed by atoms with Crippen LogP contribution in [0.2, 0.25) is 0 Å². The molecule has 0 spiro atoms. The van der Waals surface area contributed by atoms with Crippen molar-refractivity contribution < 1.29 is 14.6 Å². The number of ether oxygens (including phenoxy) is 1. The second kappa shape index (κ2) is 6.95. The maximum Gasteiger partial charge on any atom is 0.335 e. The van der Waals surface area contributed by atoms with Crippen LogP contribution in [0, 0.1) is 0 Å². The summed E-state index contributed by atoms with van der Waals surface area (Å²) >= 11 is 0. The van der Waals surface area contributed by atoms with Gasteiger partial charge in [-0.15, -0.1) is 12.4 Å². The number of anilines is 1. The van der Waals surface area contributed by atoms with E-state index in [4.69, 9.17) is 15.6 Å². The van der Waals surface area contributed by atoms with Gasteiger partial charge in [0.2, 0.25) is 0 Å². The molecule has 0 radical (unpaired) electrons. The largest absolute Gasteiger partial charge is 0.491 e. The minimum Gasteiger partial charge on any atom is -0.491 e. The lowest BCUT2D eigenvalue weighted by atomic mass is 10.2. The van der Waals surface area contributed by atoms with Crippen molar-refractivity contribution in [3.8, 4) is 5.75 Å². The summed E-state index contributed by atoms with van der Waals surface area (Å²) in [5.74, 6) is -0.529. The molecule has 5 heteroatoms. The molecule has 0 saturated heterocycles. The molecule has 0 bridgehead atoms. The van der Waals surface area contributed by atoms with Crippen LogP contribution in [0.5, 0.6) is 5.75 Å². The number of carboxylic acid groups (broad SMARTS) is 1. The van der Waals surface area contributed by atoms with Crippen molar-refractivity contribution in [2.45, 2.75) is 19.8 Å². The van der Waals surface area contributed by atoms with Crippen LogP contribution in [-0.2, 0) is 0 Å². The number of rotatable bonds is 5. The highest BCUT2D eigenvalue weighted by atomic mass is 35.5. The van der Waals surface area contributed by atoms with E-state index in [1.54, 1.807) is 6.07 Å². The zero-order chi connectivity index (χ0) is 11.3. The van der Waals surface area contributed by atoms with Gasteiger partial charge in [-0.1, -0.05) is 13.3 Å². The monoisotopic (exact) mass is 245 g/mol. The molecular formula is C11H16ClNO3. The van der Waals surface area contributed by atoms with Crippen LogP contribution >= 0.6 is 12.4 Å². The second-order valence-corrected chi connectivity index (χ2v) is 3.26. The Hall–Kier alpha value is -1.42. The molecule has 1 aromatic rings. The Bertz CT molecular complexity index is 355. The number of unbranched alkanes of at least 4 members (excludes halogenated alkanes) is 1. The van der Waals surface area contributed by atoms with Gasteiger partial charge in [0.25, 0.3) is 0 Å². The van der Waals surface area contributed by atoms with Crippen LogP contribution < -0.4 is 10.5 Å². The van der Waals surface area contributed by atoms with Gasteiger partial charge in [0, 0.05) is 0 Å². The fourth-order valence-electron chi connectivity index (χ4n) is 1.12. The molecule has 0 aliphatic rings. The highest BCUT2D eigenvalue weighted by molar-refractivity contribution is 5.89. The van der Waals surface area contributed by atoms with Gasteiger partial charge in [0.1, 0.15) is 5.75 Å². The highest BCUT2D eigenvalue weighted by Crippen LogP contribution is 2.22. The average Bonchev–Trinajstić information content (AvgIpc) is 2.20. The first-order chi connectivity index (χ1) is 7.15. The van der Waals surface area contributed by atoms with Crippen LogP contribution in [0.25, 0.3) is 0 Å². The van der Waals surface area contributed by atoms with Crippen molar-refractivity contribution in [1.29, 1.82) is 0 Å². The minimum atomic E-state index is -0.977. The van der Waals surface area contributed by atoms with Crippen LogP contribution in [0.4, 0.5) is 5.69 Å². The van der Waals surface area contributed by atoms with Crippen LogP contribution in [-0.4, -0.2) is 17.7 Å². The van der Waals surface area contributed by atoms with Crippen molar-refractivity contribution >= 4 is 24.1 Å². The molecule has 1 aromatic carbocycles. The zero-order valence-corrected chi connectivity index (χ0v) is 9.92. The third kappa shape index (κ3) is 3.98. The standard InChI is InChI=1S/C11H15NO3.ClH/c1-2-3-6-15-10-7-8(11(13)14)4-5-9(10)12;/h4-5,7H,2-3,6,12H2,1H3,(H,13,14);1H. The number of aromatic carboxylic acids is 1. The van der Waals surface area contributed by atoms with Crippen LogP contribution in [0.3, 0.4) is 0 Å². The Kier molecular flexibility index (Phi) is 6.34. The minimum absolute atomic E-state index is 0. The van der Waals surface area contributed by atoms with Crippen LogP contribution in [0.1, 0.15) is 30.1 Å². The molecule has 0 aromatic heterocycles. The summed E-state index contributed by atoms with van der Waals surface area (Å²) in [5, 5.41) is 8.78. The third-order valence-electron chi connectivity index (χ3n) is 2.02. The summed E-state index contributed by atoms with van der Waals surface area (Å²) < 4.78 is 5.38. The predicted octanol–water partition coefficient (Wildman–Crippen LogP) is 2.57. The number of carboxylic acids is 1. The van der Waals surface area contributed by atoms with Crippen LogP contribution in [0.15, 0.2) is 18.2 Å². The van der Waals surface area contributed by atoms with Crippen molar-refractivity contribution in [2.75, 3.05) is 12.3 Å². The van der Waals surface area contributed by atoms with Gasteiger partial charge >= 0.3 is 5.97 Å². The summed E-state index contributed by atoms with van der Waals surface area (Å²) in [7, 11) is 0. The van der Waals surface area contributed by atoms with Crippen molar-refractivity contribution in [1.82, 2.24) is 0 Å². The molecule has 90 valence electrons. The summed E-state index contributed by atoms with van der Waals surface area (Å²) in [6.45, 7) is 2.62. The fraction of sp³-hybridized carbons (Fsp3) is 0.364. The van der Waals surface area contributed by atoms with E-state index in [9.17, 15) is 4.79 Å². The molecule has 16 heavy (non-hydrogen) atoms. The molecule has 3 N–H and O–H groups in total. The highest BCUT2D eigenvalue weighted by Gasteiger charge is 2.07. The molecule has 0 aliphatic carbocycles. The topological polar surface area (TPSA) is 72.5 Å². The normalized spacial score (nSPS) is 9.31. The molecule has 0 amide bonds. The van der Waals surface area contributed by atoms with Gasteiger partial charge in [0.05, 0.1) is 17.9 Å². The number of hydrogen-bond donors (Lipinski definition) is 2. The smallest absolute Gasteiger partial charge is 0.335 e. The van der Waals surface area contributed by atoms with Gasteiger partial charge in [-0.3, -0.25) is 0 Å². The Morgan fingerprint density at radius 1 is 1.50 bits per heavy atom. The number of nitrogen functional groups attached to an aromatic ring is 1. The molecule has 4 nitrogen and oxygen atoms in total. The Labute approximate surface area is 101 Å². The second-order valence-electron chi connectivity index (χ2n) is 3.26. The molecule has 0 heterocycles. The van der Waals surface area contributed by atoms with E-state index in [1.807, 2.05) is 0 Å². The molecule has 0 saturated carbocycles. The third-order valence-corrected chi connectivity index (χ3v) is 2.02. The Balaban J connectivity index is 0.00000225. The summed E-state index contributed by atoms with van der Waals surface area (Å²) in [4.78, 5) is 10.7. The first-order valence-electron chi connectivity index (χ1n) is 4.90. The molecule has 0 unspecified atom stereocenters. The lowest BCUT2D eigenvalue weighted by Crippen LogP contribution is -2.03. The number of benzene rings is 1. The van der Waals surface area contributed by atoms with Crippen molar-refractivity contribution in [3.63, 3.8) is 0 Å². The van der Waals surface area contributed by atoms with Gasteiger partial charge in [-0.25, -0.2) is 4.79 Å². The van der Waals surface area contributed by atoms with E-state index < -0.39 is 5.97 Å². The van der Waals surface area contributed by atoms with E-state index in [1.165, 1.54) is 12.1 Å². The lowest BCUT2D eigenvalue weighted by Gasteiger charge is -2.08. The van der Waals surface area contributed by atoms with Crippen molar-refractivity contribution in [2.24, 2.45) is 0 Å². The zero-order valence-electron chi connectivity index (χ0n) is 9.10. The van der Waals surface area contributed by atoms with Gasteiger partial charge in [-0.2, -0.15) is 0 Å². The molecular weight excluding hydrogens is 230 g/mol. The van der Waals surface area contributed by atoms with Crippen molar-refractivity contribution in [3.05, 3.63) is 23.8 Å². The Morgan fingerprint density at radius 3 is 2.75 bits per heavy atom. The quantitative estimate of drug-likeness (QED) is 0.618. The lowest BCUT2D eigenvalue weighted by molar-refractivity contribution is 0.0696. The molecule has 0 aliphatic heterocycles. The first-order valence-corrected chi connectivity index (χ1v) is 4.90. The van der Waals surface area contributed by atoms with E-state index >= 15 is 0 Å². The molecule has 0 atom stereocenters. The molecule has 0 fully saturated rings. The maximum atomic E-state index is 10.7. The SMILES string of the molecule is CCCCOc1cc(C(=O)O)ccc1N.Cl. The number of halogens is 1. The van der Waals surface area contributed by atoms with Gasteiger partial charge in [-0.05, 0) is 24.6 Å². The van der Waals surface area contributed by atoms with E-state index in [-0.39, 0.29) is 18.0 Å². The fourth-order valence-corrected chi connectivity index (χ4v) is 1.12. The predicted molar refractivity (Wildman–Crippen MR) is 65.5 cm³/mol. The number of carbonyl (C=O) groups is 1. The van der Waals surface area contributed by atoms with E-state index in [0.717, 1.165) is 12.8 Å². The number of nitrogens with two attached hydrogens (primary N) is 1. The summed E-state index contributed by atoms with van der Waals surface area (Å²) in [6, 6.07) is 4.46. The average molecular weight is 246 g/mol. The number of hydrogen-bond acceptors (Lipinski definition) is 3. The first kappa shape index (κ1) is 14.6. The molecule has 1 rings (SSSR count). The van der Waals surface area contributed by atoms with Gasteiger partial charge < -0.3 is 15.6 Å². The summed E-state index contributed by atoms with van der Waals surface area (Å²) in [5.41, 5.74) is 6.31. The van der Waals surface area contributed by atoms with Gasteiger partial charge in [0.15, 0.2) is 0 Å². The van der Waals surface area contributed by atoms with E-state index in [2.05, 4.69) is 6.92 Å². The Morgan fingerprint density at radius 2 is 2.19 bits per heavy atom. The summed E-state index contributed by atoms with van der Waals surface area (Å²) in [6.07, 6.45) is 1.95.